The number of carbonyl (C=O) groups is 2. The lowest BCUT2D eigenvalue weighted by atomic mass is 10.0. The van der Waals surface area contributed by atoms with Gasteiger partial charge in [0.2, 0.25) is 5.91 Å². The first-order valence-corrected chi connectivity index (χ1v) is 9.37. The number of piperazine rings is 1. The van der Waals surface area contributed by atoms with Crippen molar-refractivity contribution >= 4 is 11.8 Å². The van der Waals surface area contributed by atoms with E-state index in [-0.39, 0.29) is 17.9 Å². The summed E-state index contributed by atoms with van der Waals surface area (Å²) in [6.07, 6.45) is 2.24. The fraction of sp³-hybridized carbons (Fsp3) is 0.600. The Morgan fingerprint density at radius 2 is 1.56 bits per heavy atom. The van der Waals surface area contributed by atoms with Crippen molar-refractivity contribution in [1.29, 1.82) is 0 Å². The van der Waals surface area contributed by atoms with E-state index >= 15 is 0 Å². The van der Waals surface area contributed by atoms with Crippen LogP contribution < -0.4 is 0 Å². The van der Waals surface area contributed by atoms with E-state index in [0.29, 0.717) is 13.1 Å². The Labute approximate surface area is 150 Å². The first-order chi connectivity index (χ1) is 12.0. The number of hydrogen-bond acceptors (Lipinski definition) is 3. The van der Waals surface area contributed by atoms with Crippen LogP contribution in [-0.4, -0.2) is 71.8 Å². The van der Waals surface area contributed by atoms with E-state index in [9.17, 15) is 9.59 Å². The van der Waals surface area contributed by atoms with Crippen LogP contribution in [0.3, 0.4) is 0 Å². The van der Waals surface area contributed by atoms with Gasteiger partial charge in [0.05, 0.1) is 6.04 Å². The highest BCUT2D eigenvalue weighted by Crippen LogP contribution is 2.17. The lowest BCUT2D eigenvalue weighted by molar-refractivity contribution is -0.135. The Morgan fingerprint density at radius 1 is 0.920 bits per heavy atom. The predicted octanol–water partition coefficient (Wildman–Crippen LogP) is 2.07. The van der Waals surface area contributed by atoms with Gasteiger partial charge >= 0.3 is 0 Å². The van der Waals surface area contributed by atoms with Crippen molar-refractivity contribution in [3.8, 4) is 0 Å². The third-order valence-electron chi connectivity index (χ3n) is 5.54. The maximum absolute atomic E-state index is 12.8. The van der Waals surface area contributed by atoms with Crippen molar-refractivity contribution in [3.05, 3.63) is 34.9 Å². The normalized spacial score (nSPS) is 20.0. The van der Waals surface area contributed by atoms with Crippen molar-refractivity contribution < 1.29 is 9.59 Å². The van der Waals surface area contributed by atoms with E-state index in [1.807, 2.05) is 42.7 Å². The first kappa shape index (κ1) is 17.9. The van der Waals surface area contributed by atoms with Crippen molar-refractivity contribution in [3.63, 3.8) is 0 Å². The number of nitrogens with zero attached hydrogens (tertiary/aromatic N) is 3. The molecule has 2 heterocycles. The molecule has 2 aliphatic rings. The number of rotatable bonds is 3. The summed E-state index contributed by atoms with van der Waals surface area (Å²) in [5.41, 5.74) is 3.00. The number of amides is 2. The molecular formula is C20H29N3O2. The SMILES string of the molecule is Cc1ccc(C(=O)N2CCN([C@H](C)C(=O)N3CCCC3)CC2)c(C)c1. The molecule has 1 aromatic rings. The molecule has 2 aliphatic heterocycles. The van der Waals surface area contributed by atoms with E-state index < -0.39 is 0 Å². The minimum atomic E-state index is -0.0866. The third-order valence-corrected chi connectivity index (χ3v) is 5.54. The Bertz CT molecular complexity index is 644. The quantitative estimate of drug-likeness (QED) is 0.844. The van der Waals surface area contributed by atoms with Crippen LogP contribution in [0, 0.1) is 13.8 Å². The standard InChI is InChI=1S/C20H29N3O2/c1-15-6-7-18(16(2)14-15)20(25)23-12-10-21(11-13-23)17(3)19(24)22-8-4-5-9-22/h6-7,14,17H,4-5,8-13H2,1-3H3/t17-/m1/s1. The molecule has 0 spiro atoms. The minimum Gasteiger partial charge on any atom is -0.341 e. The maximum atomic E-state index is 12.8. The van der Waals surface area contributed by atoms with Gasteiger partial charge in [-0.15, -0.1) is 0 Å². The van der Waals surface area contributed by atoms with E-state index in [1.54, 1.807) is 0 Å². The molecule has 25 heavy (non-hydrogen) atoms. The predicted molar refractivity (Wildman–Crippen MR) is 98.7 cm³/mol. The second kappa shape index (κ2) is 7.56. The molecule has 0 unspecified atom stereocenters. The number of carbonyl (C=O) groups excluding carboxylic acids is 2. The van der Waals surface area contributed by atoms with E-state index in [1.165, 1.54) is 5.56 Å². The minimum absolute atomic E-state index is 0.0866. The van der Waals surface area contributed by atoms with Gasteiger partial charge in [-0.25, -0.2) is 0 Å². The van der Waals surface area contributed by atoms with E-state index in [4.69, 9.17) is 0 Å². The monoisotopic (exact) mass is 343 g/mol. The fourth-order valence-corrected chi connectivity index (χ4v) is 3.89. The van der Waals surface area contributed by atoms with Gasteiger partial charge in [0.15, 0.2) is 0 Å². The van der Waals surface area contributed by atoms with Crippen LogP contribution in [0.1, 0.15) is 41.3 Å². The van der Waals surface area contributed by atoms with Gasteiger partial charge in [0.1, 0.15) is 0 Å². The molecule has 0 bridgehead atoms. The molecule has 2 amide bonds. The van der Waals surface area contributed by atoms with Gasteiger partial charge < -0.3 is 9.80 Å². The number of benzene rings is 1. The summed E-state index contributed by atoms with van der Waals surface area (Å²) in [5.74, 6) is 0.349. The molecule has 0 aromatic heterocycles. The largest absolute Gasteiger partial charge is 0.341 e. The molecular weight excluding hydrogens is 314 g/mol. The summed E-state index contributed by atoms with van der Waals surface area (Å²) in [6, 6.07) is 5.89. The number of hydrogen-bond donors (Lipinski definition) is 0. The van der Waals surface area contributed by atoms with Gasteiger partial charge in [-0.1, -0.05) is 17.7 Å². The van der Waals surface area contributed by atoms with Gasteiger partial charge in [-0.3, -0.25) is 14.5 Å². The highest BCUT2D eigenvalue weighted by molar-refractivity contribution is 5.95. The molecule has 1 aromatic carbocycles. The van der Waals surface area contributed by atoms with Crippen LogP contribution in [0.25, 0.3) is 0 Å². The van der Waals surface area contributed by atoms with Crippen LogP contribution in [-0.2, 0) is 4.79 Å². The zero-order valence-corrected chi connectivity index (χ0v) is 15.6. The van der Waals surface area contributed by atoms with Gasteiger partial charge in [-0.05, 0) is 45.2 Å². The second-order valence-corrected chi connectivity index (χ2v) is 7.35. The van der Waals surface area contributed by atoms with Crippen LogP contribution in [0.4, 0.5) is 0 Å². The Balaban J connectivity index is 1.57. The van der Waals surface area contributed by atoms with Crippen LogP contribution >= 0.6 is 0 Å². The highest BCUT2D eigenvalue weighted by Gasteiger charge is 2.31. The fourth-order valence-electron chi connectivity index (χ4n) is 3.89. The molecule has 0 N–H and O–H groups in total. The summed E-state index contributed by atoms with van der Waals surface area (Å²) < 4.78 is 0. The Kier molecular flexibility index (Phi) is 5.42. The zero-order chi connectivity index (χ0) is 18.0. The van der Waals surface area contributed by atoms with Crippen molar-refractivity contribution in [2.45, 2.75) is 39.7 Å². The average molecular weight is 343 g/mol. The summed E-state index contributed by atoms with van der Waals surface area (Å²) in [4.78, 5) is 31.5. The van der Waals surface area contributed by atoms with Crippen LogP contribution in [0.2, 0.25) is 0 Å². The number of likely N-dealkylation sites (tertiary alicyclic amines) is 1. The zero-order valence-electron chi connectivity index (χ0n) is 15.6. The summed E-state index contributed by atoms with van der Waals surface area (Å²) in [6.45, 7) is 10.7. The molecule has 1 atom stereocenters. The highest BCUT2D eigenvalue weighted by atomic mass is 16.2. The average Bonchev–Trinajstić information content (AvgIpc) is 3.15. The molecule has 3 rings (SSSR count). The molecule has 2 fully saturated rings. The van der Waals surface area contributed by atoms with Crippen molar-refractivity contribution in [1.82, 2.24) is 14.7 Å². The molecule has 0 saturated carbocycles. The summed E-state index contributed by atoms with van der Waals surface area (Å²) in [5, 5.41) is 0. The van der Waals surface area contributed by atoms with Crippen molar-refractivity contribution in [2.24, 2.45) is 0 Å². The van der Waals surface area contributed by atoms with Gasteiger partial charge in [0.25, 0.3) is 5.91 Å². The summed E-state index contributed by atoms with van der Waals surface area (Å²) in [7, 11) is 0. The van der Waals surface area contributed by atoms with Gasteiger partial charge in [-0.2, -0.15) is 0 Å². The van der Waals surface area contributed by atoms with E-state index in [2.05, 4.69) is 11.0 Å². The molecule has 5 nitrogen and oxygen atoms in total. The van der Waals surface area contributed by atoms with Crippen molar-refractivity contribution in [2.75, 3.05) is 39.3 Å². The lowest BCUT2D eigenvalue weighted by Crippen LogP contribution is -2.55. The maximum Gasteiger partial charge on any atom is 0.254 e. The summed E-state index contributed by atoms with van der Waals surface area (Å²) >= 11 is 0. The first-order valence-electron chi connectivity index (χ1n) is 9.37. The van der Waals surface area contributed by atoms with Crippen LogP contribution in [0.5, 0.6) is 0 Å². The molecule has 5 heteroatoms. The lowest BCUT2D eigenvalue weighted by Gasteiger charge is -2.38. The topological polar surface area (TPSA) is 43.9 Å². The smallest absolute Gasteiger partial charge is 0.254 e. The van der Waals surface area contributed by atoms with Crippen LogP contribution in [0.15, 0.2) is 18.2 Å². The Morgan fingerprint density at radius 3 is 2.16 bits per heavy atom. The van der Waals surface area contributed by atoms with E-state index in [0.717, 1.165) is 50.1 Å². The third kappa shape index (κ3) is 3.87. The number of aryl methyl sites for hydroxylation is 2. The molecule has 0 radical (unpaired) electrons. The Hall–Kier alpha value is -1.88. The van der Waals surface area contributed by atoms with Gasteiger partial charge in [0, 0.05) is 44.8 Å². The molecule has 0 aliphatic carbocycles. The molecule has 2 saturated heterocycles. The molecule has 136 valence electrons. The second-order valence-electron chi connectivity index (χ2n) is 7.35.